The number of aliphatic hydroxyl groups excluding tert-OH is 1. The first-order valence-corrected chi connectivity index (χ1v) is 7.02. The van der Waals surface area contributed by atoms with E-state index in [4.69, 9.17) is 5.11 Å². The lowest BCUT2D eigenvalue weighted by Crippen LogP contribution is -2.52. The SMILES string of the molecule is CC(O)C(NC(=O)N1CCc2ccccc2CC1)C(=O)O. The first kappa shape index (κ1) is 15.3. The molecular weight excluding hydrogens is 272 g/mol. The van der Waals surface area contributed by atoms with E-state index in [1.807, 2.05) is 24.3 Å². The molecule has 0 bridgehead atoms. The van der Waals surface area contributed by atoms with Gasteiger partial charge < -0.3 is 20.4 Å². The number of carbonyl (C=O) groups is 2. The summed E-state index contributed by atoms with van der Waals surface area (Å²) in [5.41, 5.74) is 2.44. The van der Waals surface area contributed by atoms with Crippen molar-refractivity contribution >= 4 is 12.0 Å². The number of hydrogen-bond donors (Lipinski definition) is 3. The maximum absolute atomic E-state index is 12.2. The number of nitrogens with one attached hydrogen (secondary N) is 1. The van der Waals surface area contributed by atoms with Gasteiger partial charge in [0.2, 0.25) is 0 Å². The molecule has 1 aliphatic rings. The molecule has 0 radical (unpaired) electrons. The van der Waals surface area contributed by atoms with Gasteiger partial charge in [-0.05, 0) is 30.9 Å². The van der Waals surface area contributed by atoms with Gasteiger partial charge in [-0.2, -0.15) is 0 Å². The minimum atomic E-state index is -1.29. The first-order chi connectivity index (χ1) is 9.99. The Kier molecular flexibility index (Phi) is 4.80. The molecule has 1 heterocycles. The number of carboxylic acid groups (broad SMARTS) is 1. The Morgan fingerprint density at radius 1 is 1.19 bits per heavy atom. The third-order valence-electron chi connectivity index (χ3n) is 3.74. The van der Waals surface area contributed by atoms with Crippen LogP contribution >= 0.6 is 0 Å². The second kappa shape index (κ2) is 6.58. The molecule has 21 heavy (non-hydrogen) atoms. The maximum Gasteiger partial charge on any atom is 0.328 e. The predicted molar refractivity (Wildman–Crippen MR) is 77.1 cm³/mol. The molecule has 6 heteroatoms. The number of aliphatic carboxylic acids is 1. The van der Waals surface area contributed by atoms with Gasteiger partial charge >= 0.3 is 12.0 Å². The van der Waals surface area contributed by atoms with Crippen molar-refractivity contribution < 1.29 is 19.8 Å². The summed E-state index contributed by atoms with van der Waals surface area (Å²) in [6, 6.07) is 6.31. The second-order valence-corrected chi connectivity index (χ2v) is 5.26. The smallest absolute Gasteiger partial charge is 0.328 e. The lowest BCUT2D eigenvalue weighted by atomic mass is 10.0. The average Bonchev–Trinajstić information content (AvgIpc) is 2.66. The van der Waals surface area contributed by atoms with Gasteiger partial charge in [-0.3, -0.25) is 0 Å². The van der Waals surface area contributed by atoms with Crippen LogP contribution < -0.4 is 5.32 Å². The molecule has 1 aromatic carbocycles. The second-order valence-electron chi connectivity index (χ2n) is 5.26. The van der Waals surface area contributed by atoms with E-state index in [0.717, 1.165) is 12.8 Å². The Balaban J connectivity index is 2.00. The Morgan fingerprint density at radius 3 is 2.14 bits per heavy atom. The number of carbonyl (C=O) groups excluding carboxylic acids is 1. The van der Waals surface area contributed by atoms with Crippen LogP contribution in [0.1, 0.15) is 18.1 Å². The first-order valence-electron chi connectivity index (χ1n) is 7.02. The minimum Gasteiger partial charge on any atom is -0.480 e. The number of fused-ring (bicyclic) bond motifs is 1. The third-order valence-corrected chi connectivity index (χ3v) is 3.74. The highest BCUT2D eigenvalue weighted by molar-refractivity contribution is 5.83. The molecule has 2 atom stereocenters. The normalized spacial score (nSPS) is 17.3. The molecule has 0 spiro atoms. The lowest BCUT2D eigenvalue weighted by molar-refractivity contribution is -0.141. The van der Waals surface area contributed by atoms with Crippen LogP contribution in [0, 0.1) is 0 Å². The number of benzene rings is 1. The highest BCUT2D eigenvalue weighted by atomic mass is 16.4. The van der Waals surface area contributed by atoms with E-state index < -0.39 is 24.1 Å². The van der Waals surface area contributed by atoms with Crippen molar-refractivity contribution in [1.82, 2.24) is 10.2 Å². The van der Waals surface area contributed by atoms with Gasteiger partial charge in [-0.25, -0.2) is 9.59 Å². The largest absolute Gasteiger partial charge is 0.480 e. The van der Waals surface area contributed by atoms with Crippen molar-refractivity contribution in [3.8, 4) is 0 Å². The molecule has 0 aromatic heterocycles. The zero-order chi connectivity index (χ0) is 15.4. The molecular formula is C15H20N2O4. The molecule has 3 N–H and O–H groups in total. The number of rotatable bonds is 3. The molecule has 2 amide bonds. The van der Waals surface area contributed by atoms with Gasteiger partial charge in [-0.1, -0.05) is 24.3 Å². The van der Waals surface area contributed by atoms with Crippen LogP contribution in [0.15, 0.2) is 24.3 Å². The Hall–Kier alpha value is -2.08. The van der Waals surface area contributed by atoms with Gasteiger partial charge in [0, 0.05) is 13.1 Å². The summed E-state index contributed by atoms with van der Waals surface area (Å²) in [6.07, 6.45) is 0.349. The van der Waals surface area contributed by atoms with Crippen LogP contribution in [-0.4, -0.2) is 52.3 Å². The topological polar surface area (TPSA) is 89.9 Å². The Bertz CT molecular complexity index is 503. The van der Waals surface area contributed by atoms with Crippen molar-refractivity contribution in [2.45, 2.75) is 31.9 Å². The highest BCUT2D eigenvalue weighted by Gasteiger charge is 2.27. The summed E-state index contributed by atoms with van der Waals surface area (Å²) < 4.78 is 0. The Morgan fingerprint density at radius 2 is 1.71 bits per heavy atom. The summed E-state index contributed by atoms with van der Waals surface area (Å²) in [5.74, 6) is -1.24. The number of aliphatic hydroxyl groups is 1. The van der Waals surface area contributed by atoms with Gasteiger partial charge in [0.25, 0.3) is 0 Å². The molecule has 2 rings (SSSR count). The molecule has 0 fully saturated rings. The van der Waals surface area contributed by atoms with Gasteiger partial charge in [0.1, 0.15) is 0 Å². The molecule has 0 saturated heterocycles. The lowest BCUT2D eigenvalue weighted by Gasteiger charge is -2.24. The summed E-state index contributed by atoms with van der Waals surface area (Å²) in [5, 5.41) is 20.8. The van der Waals surface area contributed by atoms with Crippen molar-refractivity contribution in [2.24, 2.45) is 0 Å². The van der Waals surface area contributed by atoms with Crippen molar-refractivity contribution in [1.29, 1.82) is 0 Å². The summed E-state index contributed by atoms with van der Waals surface area (Å²) in [4.78, 5) is 24.8. The average molecular weight is 292 g/mol. The van der Waals surface area contributed by atoms with Crippen LogP contribution in [0.3, 0.4) is 0 Å². The van der Waals surface area contributed by atoms with Gasteiger partial charge in [0.15, 0.2) is 6.04 Å². The fraction of sp³-hybridized carbons (Fsp3) is 0.467. The standard InChI is InChI=1S/C15H20N2O4/c1-10(18)13(14(19)20)16-15(21)17-8-6-11-4-2-3-5-12(11)7-9-17/h2-5,10,13,18H,6-9H2,1H3,(H,16,21)(H,19,20). The van der Waals surface area contributed by atoms with E-state index in [1.165, 1.54) is 18.1 Å². The van der Waals surface area contributed by atoms with E-state index in [-0.39, 0.29) is 0 Å². The van der Waals surface area contributed by atoms with Crippen LogP contribution in [-0.2, 0) is 17.6 Å². The monoisotopic (exact) mass is 292 g/mol. The van der Waals surface area contributed by atoms with Gasteiger partial charge in [0.05, 0.1) is 6.10 Å². The van der Waals surface area contributed by atoms with Crippen LogP contribution in [0.2, 0.25) is 0 Å². The van der Waals surface area contributed by atoms with E-state index in [0.29, 0.717) is 13.1 Å². The van der Waals surface area contributed by atoms with Crippen LogP contribution in [0.5, 0.6) is 0 Å². The molecule has 1 aromatic rings. The summed E-state index contributed by atoms with van der Waals surface area (Å²) in [6.45, 7) is 2.42. The predicted octanol–water partition coefficient (Wildman–Crippen LogP) is 0.631. The van der Waals surface area contributed by atoms with E-state index in [9.17, 15) is 14.7 Å². The van der Waals surface area contributed by atoms with E-state index in [2.05, 4.69) is 5.32 Å². The van der Waals surface area contributed by atoms with E-state index >= 15 is 0 Å². The number of nitrogens with zero attached hydrogens (tertiary/aromatic N) is 1. The van der Waals surface area contributed by atoms with Gasteiger partial charge in [-0.15, -0.1) is 0 Å². The van der Waals surface area contributed by atoms with Crippen molar-refractivity contribution in [3.63, 3.8) is 0 Å². The Labute approximate surface area is 123 Å². The molecule has 0 aliphatic carbocycles. The van der Waals surface area contributed by atoms with Crippen LogP contribution in [0.4, 0.5) is 4.79 Å². The molecule has 6 nitrogen and oxygen atoms in total. The quantitative estimate of drug-likeness (QED) is 0.762. The fourth-order valence-corrected chi connectivity index (χ4v) is 2.48. The number of amides is 2. The molecule has 0 saturated carbocycles. The maximum atomic E-state index is 12.2. The fourth-order valence-electron chi connectivity index (χ4n) is 2.48. The summed E-state index contributed by atoms with van der Waals surface area (Å²) in [7, 11) is 0. The summed E-state index contributed by atoms with van der Waals surface area (Å²) >= 11 is 0. The number of urea groups is 1. The van der Waals surface area contributed by atoms with Crippen molar-refractivity contribution in [3.05, 3.63) is 35.4 Å². The molecule has 2 unspecified atom stereocenters. The number of carboxylic acids is 1. The van der Waals surface area contributed by atoms with E-state index in [1.54, 1.807) is 4.90 Å². The zero-order valence-corrected chi connectivity index (χ0v) is 12.0. The number of hydrogen-bond acceptors (Lipinski definition) is 3. The molecule has 114 valence electrons. The highest BCUT2D eigenvalue weighted by Crippen LogP contribution is 2.15. The third kappa shape index (κ3) is 3.72. The van der Waals surface area contributed by atoms with Crippen LogP contribution in [0.25, 0.3) is 0 Å². The minimum absolute atomic E-state index is 0.448. The zero-order valence-electron chi connectivity index (χ0n) is 12.0. The van der Waals surface area contributed by atoms with Crippen molar-refractivity contribution in [2.75, 3.05) is 13.1 Å². The molecule has 1 aliphatic heterocycles.